The first-order valence-corrected chi connectivity index (χ1v) is 30.4. The van der Waals surface area contributed by atoms with Crippen LogP contribution in [0.4, 0.5) is 16.5 Å². The van der Waals surface area contributed by atoms with Crippen molar-refractivity contribution in [3.63, 3.8) is 0 Å². The summed E-state index contributed by atoms with van der Waals surface area (Å²) >= 11 is 2.55. The lowest BCUT2D eigenvalue weighted by Crippen LogP contribution is -2.40. The zero-order chi connectivity index (χ0) is 52.3. The van der Waals surface area contributed by atoms with Gasteiger partial charge in [-0.25, -0.2) is 26.8 Å². The third-order valence-corrected chi connectivity index (χ3v) is 17.4. The molecule has 4 saturated heterocycles. The Kier molecular flexibility index (Phi) is 27.9. The molecule has 4 aliphatic rings. The van der Waals surface area contributed by atoms with Crippen molar-refractivity contribution in [3.8, 4) is 0 Å². The lowest BCUT2D eigenvalue weighted by molar-refractivity contribution is -0.122. The number of sulfonamides is 1. The molecule has 0 saturated carbocycles. The molecule has 2 aromatic heterocycles. The molecule has 0 bridgehead atoms. The molecular weight excluding hydrogens is 1240 g/mol. The standard InChI is InChI=1S/C24H25N3O3S2.C23H24N4O3S2.4C2H6.2HI/c28-24-22(26-13-10-19(16-26)18-4-2-1-3-5-18)11-14-27(24)20-6-8-21(9-7-20)32(29,30)17-23-25-12-15-31-23;28-22-21(26-13-10-18(16-26)17-4-2-1-3-5-17)11-14-27(22)19-6-8-20(9-7-19)32(29,30)25-23-24-12-15-31-23;4*1-2;;/h1-9,12,15,19,22H,10-11,13-14,16-17H2;1-9,12,15,18,21H,10-11,13-14,16H2,(H,24,25);4*1-2H3;2*1H. The molecule has 19 heteroatoms. The topological polar surface area (TPSA) is 153 Å². The van der Waals surface area contributed by atoms with Crippen LogP contribution in [0.5, 0.6) is 0 Å². The molecule has 4 unspecified atom stereocenters. The highest BCUT2D eigenvalue weighted by atomic mass is 127. The van der Waals surface area contributed by atoms with Gasteiger partial charge < -0.3 is 9.80 Å². The van der Waals surface area contributed by atoms with E-state index in [4.69, 9.17) is 0 Å². The predicted molar refractivity (Wildman–Crippen MR) is 327 cm³/mol. The summed E-state index contributed by atoms with van der Waals surface area (Å²) in [5.41, 5.74) is 4.15. The molecule has 1 N–H and O–H groups in total. The lowest BCUT2D eigenvalue weighted by atomic mass is 9.99. The van der Waals surface area contributed by atoms with Gasteiger partial charge in [0.2, 0.25) is 11.8 Å². The number of rotatable bonds is 12. The summed E-state index contributed by atoms with van der Waals surface area (Å²) in [5.74, 6) is 1.03. The molecule has 0 spiro atoms. The Morgan fingerprint density at radius 3 is 1.35 bits per heavy atom. The third kappa shape index (κ3) is 16.6. The number of sulfone groups is 1. The zero-order valence-electron chi connectivity index (χ0n) is 43.9. The van der Waals surface area contributed by atoms with Crippen molar-refractivity contribution in [2.75, 3.05) is 53.8 Å². The smallest absolute Gasteiger partial charge is 0.263 e. The molecule has 6 heterocycles. The number of aromatic nitrogens is 2. The molecule has 2 amide bonds. The Morgan fingerprint density at radius 1 is 0.527 bits per heavy atom. The van der Waals surface area contributed by atoms with Gasteiger partial charge in [-0.2, -0.15) is 0 Å². The van der Waals surface area contributed by atoms with Gasteiger partial charge in [-0.05, 0) is 110 Å². The number of nitrogens with one attached hydrogen (secondary N) is 1. The van der Waals surface area contributed by atoms with Crippen LogP contribution in [0.15, 0.2) is 142 Å². The van der Waals surface area contributed by atoms with Gasteiger partial charge in [0.1, 0.15) is 10.8 Å². The fourth-order valence-corrected chi connectivity index (χ4v) is 13.4. The minimum atomic E-state index is -3.71. The SMILES string of the molecule is CC.CC.CC.CC.I.I.O=C1C(N2CCC(c3ccccc3)C2)CCN1c1ccc(S(=O)(=O)Cc2nccs2)cc1.O=C1C(N2CCC(c3ccccc3)C2)CCN1c1ccc(S(=O)(=O)Nc2nccs2)cc1. The monoisotopic (exact) mass is 1310 g/mol. The van der Waals surface area contributed by atoms with Crippen LogP contribution in [0, 0.1) is 0 Å². The van der Waals surface area contributed by atoms with Gasteiger partial charge >= 0.3 is 0 Å². The first-order valence-electron chi connectivity index (χ1n) is 25.5. The van der Waals surface area contributed by atoms with Crippen molar-refractivity contribution in [2.45, 2.75) is 121 Å². The molecule has 404 valence electrons. The maximum Gasteiger partial charge on any atom is 0.263 e. The van der Waals surface area contributed by atoms with Crippen LogP contribution in [0.1, 0.15) is 109 Å². The van der Waals surface area contributed by atoms with Crippen molar-refractivity contribution in [2.24, 2.45) is 0 Å². The Labute approximate surface area is 483 Å². The highest BCUT2D eigenvalue weighted by molar-refractivity contribution is 14.0. The van der Waals surface area contributed by atoms with Gasteiger partial charge in [-0.1, -0.05) is 116 Å². The largest absolute Gasteiger partial charge is 0.311 e. The second-order valence-electron chi connectivity index (χ2n) is 16.5. The molecule has 13 nitrogen and oxygen atoms in total. The van der Waals surface area contributed by atoms with E-state index in [2.05, 4.69) is 73.0 Å². The number of halogens is 2. The summed E-state index contributed by atoms with van der Waals surface area (Å²) in [6.45, 7) is 20.9. The number of anilines is 3. The molecule has 6 aromatic rings. The van der Waals surface area contributed by atoms with E-state index >= 15 is 0 Å². The molecule has 4 aliphatic heterocycles. The first kappa shape index (κ1) is 64.4. The van der Waals surface area contributed by atoms with Gasteiger partial charge in [-0.15, -0.1) is 70.6 Å². The summed E-state index contributed by atoms with van der Waals surface area (Å²) < 4.78 is 52.8. The number of hydrogen-bond donors (Lipinski definition) is 1. The number of thiazole rings is 2. The minimum absolute atomic E-state index is 0. The molecular formula is C55H75I2N7O6S4. The Bertz CT molecular complexity index is 2570. The maximum atomic E-state index is 13.2. The third-order valence-electron chi connectivity index (χ3n) is 12.6. The van der Waals surface area contributed by atoms with Gasteiger partial charge in [0, 0.05) is 60.7 Å². The Morgan fingerprint density at radius 2 is 0.946 bits per heavy atom. The Balaban J connectivity index is 0.000000336. The molecule has 4 fully saturated rings. The number of benzene rings is 4. The van der Waals surface area contributed by atoms with Crippen LogP contribution < -0.4 is 14.5 Å². The van der Waals surface area contributed by atoms with E-state index < -0.39 is 19.9 Å². The fraction of sp³-hybridized carbons (Fsp3) is 0.418. The Hall–Kier alpha value is -3.84. The molecule has 0 radical (unpaired) electrons. The second kappa shape index (κ2) is 32.0. The highest BCUT2D eigenvalue weighted by Gasteiger charge is 2.41. The first-order chi connectivity index (χ1) is 35.0. The maximum absolute atomic E-state index is 13.2. The van der Waals surface area contributed by atoms with E-state index in [9.17, 15) is 26.4 Å². The van der Waals surface area contributed by atoms with E-state index in [1.807, 2.05) is 67.5 Å². The highest BCUT2D eigenvalue weighted by Crippen LogP contribution is 2.35. The van der Waals surface area contributed by atoms with Crippen molar-refractivity contribution >= 4 is 119 Å². The van der Waals surface area contributed by atoms with Gasteiger partial charge in [-0.3, -0.25) is 24.1 Å². The molecule has 4 atom stereocenters. The zero-order valence-corrected chi connectivity index (χ0v) is 51.8. The van der Waals surface area contributed by atoms with Gasteiger partial charge in [0.05, 0.1) is 21.9 Å². The number of carbonyl (C=O) groups excluding carboxylic acids is 2. The van der Waals surface area contributed by atoms with Gasteiger partial charge in [0.15, 0.2) is 15.0 Å². The minimum Gasteiger partial charge on any atom is -0.311 e. The van der Waals surface area contributed by atoms with Crippen LogP contribution in [-0.2, 0) is 35.2 Å². The summed E-state index contributed by atoms with van der Waals surface area (Å²) in [6, 6.07) is 33.9. The summed E-state index contributed by atoms with van der Waals surface area (Å²) in [7, 11) is -7.16. The molecule has 4 aromatic carbocycles. The summed E-state index contributed by atoms with van der Waals surface area (Å²) in [4.78, 5) is 43.0. The van der Waals surface area contributed by atoms with Crippen molar-refractivity contribution in [1.82, 2.24) is 19.8 Å². The number of hydrogen-bond acceptors (Lipinski definition) is 12. The van der Waals surface area contributed by atoms with E-state index in [1.165, 1.54) is 45.9 Å². The average molecular weight is 1310 g/mol. The van der Waals surface area contributed by atoms with E-state index in [1.54, 1.807) is 69.4 Å². The molecule has 0 aliphatic carbocycles. The predicted octanol–water partition coefficient (Wildman–Crippen LogP) is 12.6. The van der Waals surface area contributed by atoms with Crippen LogP contribution in [0.3, 0.4) is 0 Å². The van der Waals surface area contributed by atoms with Crippen LogP contribution >= 0.6 is 70.6 Å². The van der Waals surface area contributed by atoms with Crippen molar-refractivity contribution < 1.29 is 26.4 Å². The van der Waals surface area contributed by atoms with E-state index in [0.29, 0.717) is 35.1 Å². The van der Waals surface area contributed by atoms with Crippen LogP contribution in [-0.4, -0.2) is 99.8 Å². The summed E-state index contributed by atoms with van der Waals surface area (Å²) in [5, 5.41) is 4.38. The van der Waals surface area contributed by atoms with Gasteiger partial charge in [0.25, 0.3) is 10.0 Å². The number of carbonyl (C=O) groups is 2. The second-order valence-corrected chi connectivity index (χ2v) is 22.0. The molecule has 74 heavy (non-hydrogen) atoms. The average Bonchev–Trinajstić information content (AvgIpc) is 4.31. The van der Waals surface area contributed by atoms with E-state index in [0.717, 1.165) is 63.2 Å². The van der Waals surface area contributed by atoms with Crippen LogP contribution in [0.2, 0.25) is 0 Å². The normalized spacial score (nSPS) is 19.3. The quantitative estimate of drug-likeness (QED) is 0.117. The number of nitrogens with zero attached hydrogens (tertiary/aromatic N) is 6. The van der Waals surface area contributed by atoms with Crippen molar-refractivity contribution in [3.05, 3.63) is 148 Å². The number of amides is 2. The molecule has 10 rings (SSSR count). The fourth-order valence-electron chi connectivity index (χ4n) is 9.31. The summed E-state index contributed by atoms with van der Waals surface area (Å²) in [6.07, 6.45) is 6.86. The van der Waals surface area contributed by atoms with Crippen LogP contribution in [0.25, 0.3) is 0 Å². The van der Waals surface area contributed by atoms with E-state index in [-0.39, 0.29) is 87.4 Å². The number of likely N-dealkylation sites (tertiary alicyclic amines) is 2. The van der Waals surface area contributed by atoms with Crippen molar-refractivity contribution in [1.29, 1.82) is 0 Å². The lowest BCUT2D eigenvalue weighted by Gasteiger charge is -2.23.